The maximum Gasteiger partial charge on any atom is 0.194 e. The van der Waals surface area contributed by atoms with Crippen molar-refractivity contribution >= 4 is 110 Å². The summed E-state index contributed by atoms with van der Waals surface area (Å²) in [6.07, 6.45) is 18.2. The molecule has 16 nitrogen and oxygen atoms in total. The number of ketones is 1. The molecule has 0 aromatic heterocycles. The Bertz CT molecular complexity index is 5140. The number of nitrogens with zero attached hydrogens (tertiary/aromatic N) is 1. The van der Waals surface area contributed by atoms with Gasteiger partial charge in [-0.2, -0.15) is 0 Å². The number of rotatable bonds is 13. The molecule has 0 aliphatic heterocycles. The smallest absolute Gasteiger partial charge is 0.194 e. The number of benzene rings is 10. The third-order valence-electron chi connectivity index (χ3n) is 21.2. The molecule has 4 N–H and O–H groups in total. The zero-order valence-corrected chi connectivity index (χ0v) is 53.0. The molecule has 5 aliphatic carbocycles. The average molecular weight is 1230 g/mol. The number of fused-ring (bicyclic) bond motifs is 2. The zero-order chi connectivity index (χ0) is 64.1. The summed E-state index contributed by atoms with van der Waals surface area (Å²) >= 11 is 0. The molecule has 0 saturated heterocycles. The molecular formula is C75H73NO15. The topological polar surface area (TPSA) is 234 Å². The second-order valence-corrected chi connectivity index (χ2v) is 26.1. The van der Waals surface area contributed by atoms with Crippen LogP contribution in [-0.2, 0) is 17.6 Å². The van der Waals surface area contributed by atoms with Crippen molar-refractivity contribution in [3.05, 3.63) is 110 Å². The second-order valence-electron chi connectivity index (χ2n) is 26.1. The summed E-state index contributed by atoms with van der Waals surface area (Å²) in [4.78, 5) is 74.3. The van der Waals surface area contributed by atoms with E-state index in [1.807, 2.05) is 19.9 Å². The summed E-state index contributed by atoms with van der Waals surface area (Å²) in [5.74, 6) is -0.0704. The van der Waals surface area contributed by atoms with Gasteiger partial charge in [0.05, 0.1) is 70.1 Å². The number of aliphatic imine (C=N–C) groups is 1. The summed E-state index contributed by atoms with van der Waals surface area (Å²) in [5, 5.41) is 54.9. The fourth-order valence-corrected chi connectivity index (χ4v) is 17.5. The molecule has 0 bridgehead atoms. The van der Waals surface area contributed by atoms with Crippen LogP contribution < -0.4 is 50.1 Å². The number of ether oxygens (including phenoxy) is 6. The lowest BCUT2D eigenvalue weighted by Crippen LogP contribution is -2.16. The van der Waals surface area contributed by atoms with Gasteiger partial charge in [0.25, 0.3) is 0 Å². The molecule has 468 valence electrons. The highest BCUT2D eigenvalue weighted by atomic mass is 16.5. The molecule has 10 aromatic carbocycles. The third-order valence-corrected chi connectivity index (χ3v) is 21.2. The standard InChI is InChI=1S/C40H41NO7.C35H32O8/c1-18-14-22-23(15-20-10-6-7-11-20)38(44)30-24(42)16-26(46-3)32-33-27(47-4)17-25(43)31-36(33)35(29(22)34(30)32)37(40(48-5)39(31)45)28(18)19(2)41-21-12-8-9-13-21;1-14-10-17-18(11-16-8-6-7-9-16)33(39)25-19(37)12-21(41-3)27-28-22(42-4)13-20(38)26-31(28)30(24(17)29(25)27)32(23(14)15(2)36)35(43-5)34(26)40/h14,16-17,20-21,28,44-45H,6-13,15H2,1-5H3;10,12-13,16,23,39-40H,6-9,11H2,1-5H3. The summed E-state index contributed by atoms with van der Waals surface area (Å²) in [6.45, 7) is 7.44. The molecule has 0 radical (unpaired) electrons. The van der Waals surface area contributed by atoms with E-state index < -0.39 is 28.1 Å². The van der Waals surface area contributed by atoms with Crippen molar-refractivity contribution in [2.75, 3.05) is 42.7 Å². The molecule has 0 amide bonds. The Morgan fingerprint density at radius 3 is 1.08 bits per heavy atom. The molecule has 10 aromatic rings. The van der Waals surface area contributed by atoms with Crippen molar-refractivity contribution in [1.29, 1.82) is 0 Å². The molecule has 91 heavy (non-hydrogen) atoms. The number of aromatic hydroxyl groups is 4. The van der Waals surface area contributed by atoms with Crippen LogP contribution in [0.3, 0.4) is 0 Å². The van der Waals surface area contributed by atoms with E-state index in [4.69, 9.17) is 33.4 Å². The van der Waals surface area contributed by atoms with Gasteiger partial charge in [-0.05, 0) is 97.9 Å². The largest absolute Gasteiger partial charge is 0.507 e. The summed E-state index contributed by atoms with van der Waals surface area (Å²) in [7, 11) is 8.81. The Labute approximate surface area is 523 Å². The summed E-state index contributed by atoms with van der Waals surface area (Å²) in [5.41, 5.74) is 4.95. The predicted molar refractivity (Wildman–Crippen MR) is 359 cm³/mol. The van der Waals surface area contributed by atoms with Crippen LogP contribution in [0.25, 0.3) is 98.3 Å². The molecule has 3 fully saturated rings. The lowest BCUT2D eigenvalue weighted by atomic mass is 9.79. The normalized spacial score (nSPS) is 18.0. The number of Topliss-reactive ketones (excluding diaryl/α,β-unsaturated/α-hetero) is 1. The van der Waals surface area contributed by atoms with E-state index in [9.17, 15) is 44.4 Å². The third kappa shape index (κ3) is 8.45. The van der Waals surface area contributed by atoms with Crippen molar-refractivity contribution in [1.82, 2.24) is 0 Å². The van der Waals surface area contributed by atoms with Crippen LogP contribution in [-0.4, -0.2) is 80.6 Å². The maximum absolute atomic E-state index is 14.1. The fraction of sp³-hybridized carbons (Fsp3) is 0.387. The van der Waals surface area contributed by atoms with Gasteiger partial charge in [-0.15, -0.1) is 0 Å². The number of carbonyl (C=O) groups is 1. The van der Waals surface area contributed by atoms with Gasteiger partial charge in [0.15, 0.2) is 44.7 Å². The highest BCUT2D eigenvalue weighted by Gasteiger charge is 2.41. The molecule has 0 heterocycles. The molecule has 16 heteroatoms. The summed E-state index contributed by atoms with van der Waals surface area (Å²) < 4.78 is 35.1. The molecule has 2 unspecified atom stereocenters. The van der Waals surface area contributed by atoms with Gasteiger partial charge in [0.2, 0.25) is 0 Å². The Hall–Kier alpha value is -9.18. The van der Waals surface area contributed by atoms with Crippen LogP contribution in [0, 0.1) is 11.8 Å². The Kier molecular flexibility index (Phi) is 14.4. The Balaban J connectivity index is 0.000000159. The molecule has 2 atom stereocenters. The van der Waals surface area contributed by atoms with Crippen molar-refractivity contribution in [2.24, 2.45) is 16.8 Å². The predicted octanol–water partition coefficient (Wildman–Crippen LogP) is 14.1. The Morgan fingerprint density at radius 2 is 0.736 bits per heavy atom. The van der Waals surface area contributed by atoms with Gasteiger partial charge < -0.3 is 48.8 Å². The van der Waals surface area contributed by atoms with Crippen molar-refractivity contribution < 1.29 is 53.6 Å². The second kappa shape index (κ2) is 22.0. The highest BCUT2D eigenvalue weighted by Crippen LogP contribution is 2.61. The van der Waals surface area contributed by atoms with E-state index in [0.717, 1.165) is 105 Å². The average Bonchev–Trinajstić information content (AvgIpc) is 1.65. The first-order chi connectivity index (χ1) is 43.8. The van der Waals surface area contributed by atoms with E-state index >= 15 is 0 Å². The minimum atomic E-state index is -0.822. The number of phenolic OH excluding ortho intramolecular Hbond substituents is 4. The lowest BCUT2D eigenvalue weighted by Gasteiger charge is -2.26. The first-order valence-corrected chi connectivity index (χ1v) is 31.7. The zero-order valence-electron chi connectivity index (χ0n) is 53.0. The van der Waals surface area contributed by atoms with E-state index in [0.29, 0.717) is 123 Å². The SMILES string of the molecule is COc1c(O)c2c(=O)cc(OC)c3c4c(OC)cc(=O)c5c(O)c(CC6CCCC6)c6c(c(c1C(C(C)=NC1CCCC1)C(C)=C6)c23)c54.COc1c(O)c2c(=O)cc(OC)c3c4c(OC)cc(=O)c5c(O)c(CC6CCCC6)c6c(c(c1C(C(C)=O)C(C)=C6)c23)c54. The summed E-state index contributed by atoms with van der Waals surface area (Å²) in [6, 6.07) is 5.64. The number of phenols is 4. The van der Waals surface area contributed by atoms with E-state index in [2.05, 4.69) is 13.0 Å². The van der Waals surface area contributed by atoms with Gasteiger partial charge in [0, 0.05) is 107 Å². The lowest BCUT2D eigenvalue weighted by molar-refractivity contribution is -0.117. The first kappa shape index (κ1) is 59.4. The monoisotopic (exact) mass is 1230 g/mol. The van der Waals surface area contributed by atoms with Crippen molar-refractivity contribution in [3.8, 4) is 57.5 Å². The minimum Gasteiger partial charge on any atom is -0.507 e. The van der Waals surface area contributed by atoms with Crippen molar-refractivity contribution in [3.63, 3.8) is 0 Å². The van der Waals surface area contributed by atoms with Crippen LogP contribution >= 0.6 is 0 Å². The van der Waals surface area contributed by atoms with Crippen LogP contribution in [0.1, 0.15) is 150 Å². The van der Waals surface area contributed by atoms with Crippen molar-refractivity contribution in [2.45, 2.75) is 135 Å². The molecule has 15 rings (SSSR count). The first-order valence-electron chi connectivity index (χ1n) is 31.7. The Morgan fingerprint density at radius 1 is 0.418 bits per heavy atom. The molecule has 0 spiro atoms. The maximum atomic E-state index is 14.1. The van der Waals surface area contributed by atoms with Gasteiger partial charge in [-0.1, -0.05) is 87.5 Å². The number of allylic oxidation sites excluding steroid dienone is 2. The molecule has 3 saturated carbocycles. The quantitative estimate of drug-likeness (QED) is 0.0477. The van der Waals surface area contributed by atoms with E-state index in [-0.39, 0.29) is 84.8 Å². The number of hydrogen-bond acceptors (Lipinski definition) is 16. The molecule has 5 aliphatic rings. The molecular weight excluding hydrogens is 1150 g/mol. The van der Waals surface area contributed by atoms with Gasteiger partial charge in [-0.25, -0.2) is 0 Å². The number of methoxy groups -OCH3 is 6. The van der Waals surface area contributed by atoms with Gasteiger partial charge in [0.1, 0.15) is 40.3 Å². The van der Waals surface area contributed by atoms with Crippen LogP contribution in [0.4, 0.5) is 0 Å². The van der Waals surface area contributed by atoms with Crippen LogP contribution in [0.2, 0.25) is 0 Å². The number of hydrogen-bond donors (Lipinski definition) is 4. The number of carbonyl (C=O) groups excluding carboxylic acids is 1. The fourth-order valence-electron chi connectivity index (χ4n) is 17.5. The van der Waals surface area contributed by atoms with Gasteiger partial charge >= 0.3 is 0 Å². The van der Waals surface area contributed by atoms with Gasteiger partial charge in [-0.3, -0.25) is 29.0 Å². The van der Waals surface area contributed by atoms with E-state index in [1.54, 1.807) is 0 Å². The highest BCUT2D eigenvalue weighted by molar-refractivity contribution is 6.41. The minimum absolute atomic E-state index is 0.00482. The van der Waals surface area contributed by atoms with Crippen LogP contribution in [0.5, 0.6) is 57.5 Å². The van der Waals surface area contributed by atoms with Crippen LogP contribution in [0.15, 0.2) is 59.6 Å². The van der Waals surface area contributed by atoms with E-state index in [1.165, 1.54) is 73.8 Å².